The number of aryl methyl sites for hydroxylation is 2. The molecular weight excluding hydrogens is 258 g/mol. The molecule has 0 aromatic heterocycles. The predicted molar refractivity (Wildman–Crippen MR) is 76.0 cm³/mol. The summed E-state index contributed by atoms with van der Waals surface area (Å²) in [4.78, 5) is 35.3. The highest BCUT2D eigenvalue weighted by molar-refractivity contribution is 6.41. The molecule has 3 N–H and O–H groups in total. The third kappa shape index (κ3) is 4.17. The fraction of sp³-hybridized carbons (Fsp3) is 0.357. The minimum Gasteiger partial charge on any atom is -0.330 e. The smallest absolute Gasteiger partial charge is 0.318 e. The van der Waals surface area contributed by atoms with E-state index in [2.05, 4.69) is 5.32 Å². The van der Waals surface area contributed by atoms with Crippen molar-refractivity contribution in [2.45, 2.75) is 20.3 Å². The molecule has 1 aromatic carbocycles. The van der Waals surface area contributed by atoms with Crippen LogP contribution in [0.5, 0.6) is 0 Å². The number of rotatable bonds is 5. The summed E-state index contributed by atoms with van der Waals surface area (Å²) in [6.45, 7) is 4.25. The fourth-order valence-electron chi connectivity index (χ4n) is 1.72. The third-order valence-corrected chi connectivity index (χ3v) is 2.82. The molecule has 0 unspecified atom stereocenters. The number of nitrogens with one attached hydrogen (secondary N) is 1. The van der Waals surface area contributed by atoms with Gasteiger partial charge in [0.2, 0.25) is 6.41 Å². The average Bonchev–Trinajstić information content (AvgIpc) is 2.42. The highest BCUT2D eigenvalue weighted by Gasteiger charge is 2.21. The van der Waals surface area contributed by atoms with E-state index in [0.29, 0.717) is 25.1 Å². The molecule has 0 aliphatic carbocycles. The van der Waals surface area contributed by atoms with E-state index >= 15 is 0 Å². The quantitative estimate of drug-likeness (QED) is 0.608. The first-order valence-electron chi connectivity index (χ1n) is 6.34. The van der Waals surface area contributed by atoms with Gasteiger partial charge in [0.05, 0.1) is 0 Å². The van der Waals surface area contributed by atoms with Gasteiger partial charge in [-0.3, -0.25) is 19.3 Å². The summed E-state index contributed by atoms with van der Waals surface area (Å²) in [5.41, 5.74) is 7.78. The highest BCUT2D eigenvalue weighted by atomic mass is 16.2. The van der Waals surface area contributed by atoms with Gasteiger partial charge < -0.3 is 11.1 Å². The molecule has 0 bridgehead atoms. The van der Waals surface area contributed by atoms with Gasteiger partial charge in [-0.05, 0) is 38.4 Å². The number of nitrogens with two attached hydrogens (primary N) is 1. The lowest BCUT2D eigenvalue weighted by atomic mass is 10.1. The number of benzene rings is 1. The van der Waals surface area contributed by atoms with Crippen LogP contribution in [0, 0.1) is 13.8 Å². The van der Waals surface area contributed by atoms with E-state index in [9.17, 15) is 14.4 Å². The van der Waals surface area contributed by atoms with Crippen LogP contribution in [0.4, 0.5) is 5.69 Å². The van der Waals surface area contributed by atoms with Gasteiger partial charge in [0, 0.05) is 12.2 Å². The summed E-state index contributed by atoms with van der Waals surface area (Å²) >= 11 is 0. The van der Waals surface area contributed by atoms with Gasteiger partial charge in [0.1, 0.15) is 0 Å². The number of carbonyl (C=O) groups excluding carboxylic acids is 3. The summed E-state index contributed by atoms with van der Waals surface area (Å²) in [6, 6.07) is 5.45. The normalized spacial score (nSPS) is 9.95. The van der Waals surface area contributed by atoms with Crippen molar-refractivity contribution in [3.8, 4) is 0 Å². The third-order valence-electron chi connectivity index (χ3n) is 2.82. The van der Waals surface area contributed by atoms with E-state index in [1.807, 2.05) is 26.0 Å². The summed E-state index contributed by atoms with van der Waals surface area (Å²) in [6.07, 6.45) is 0.806. The number of imide groups is 1. The molecule has 0 saturated heterocycles. The lowest BCUT2D eigenvalue weighted by Gasteiger charge is -2.15. The molecule has 1 rings (SSSR count). The maximum atomic E-state index is 11.8. The van der Waals surface area contributed by atoms with Crippen LogP contribution in [-0.4, -0.2) is 36.2 Å². The van der Waals surface area contributed by atoms with Crippen molar-refractivity contribution < 1.29 is 14.4 Å². The molecule has 1 aromatic rings. The van der Waals surface area contributed by atoms with Crippen LogP contribution in [0.25, 0.3) is 0 Å². The Hall–Kier alpha value is -2.21. The largest absolute Gasteiger partial charge is 0.330 e. The van der Waals surface area contributed by atoms with E-state index in [1.165, 1.54) is 0 Å². The summed E-state index contributed by atoms with van der Waals surface area (Å²) in [7, 11) is 0. The van der Waals surface area contributed by atoms with Crippen LogP contribution in [0.1, 0.15) is 17.5 Å². The Morgan fingerprint density at radius 1 is 1.35 bits per heavy atom. The minimum atomic E-state index is -0.881. The van der Waals surface area contributed by atoms with Crippen LogP contribution >= 0.6 is 0 Å². The van der Waals surface area contributed by atoms with E-state index in [1.54, 1.807) is 6.07 Å². The number of nitrogens with zero attached hydrogens (tertiary/aromatic N) is 1. The molecule has 0 heterocycles. The number of amides is 3. The Morgan fingerprint density at radius 2 is 2.05 bits per heavy atom. The van der Waals surface area contributed by atoms with Gasteiger partial charge in [-0.2, -0.15) is 0 Å². The monoisotopic (exact) mass is 277 g/mol. The fourth-order valence-corrected chi connectivity index (χ4v) is 1.72. The Labute approximate surface area is 117 Å². The topological polar surface area (TPSA) is 92.5 Å². The van der Waals surface area contributed by atoms with E-state index in [-0.39, 0.29) is 6.54 Å². The SMILES string of the molecule is Cc1ccc(NC(=O)C(=O)N(C=O)CCCN)c(C)c1. The van der Waals surface area contributed by atoms with Crippen molar-refractivity contribution in [2.75, 3.05) is 18.4 Å². The van der Waals surface area contributed by atoms with Gasteiger partial charge in [-0.1, -0.05) is 17.7 Å². The molecule has 0 saturated carbocycles. The second kappa shape index (κ2) is 7.40. The molecule has 0 aliphatic heterocycles. The molecule has 0 aliphatic rings. The van der Waals surface area contributed by atoms with Crippen molar-refractivity contribution in [3.05, 3.63) is 29.3 Å². The Morgan fingerprint density at radius 3 is 2.60 bits per heavy atom. The molecule has 0 atom stereocenters. The van der Waals surface area contributed by atoms with Crippen LogP contribution in [-0.2, 0) is 14.4 Å². The van der Waals surface area contributed by atoms with E-state index < -0.39 is 11.8 Å². The summed E-state index contributed by atoms with van der Waals surface area (Å²) in [5, 5.41) is 2.51. The average molecular weight is 277 g/mol. The molecule has 6 heteroatoms. The van der Waals surface area contributed by atoms with Crippen molar-refractivity contribution in [3.63, 3.8) is 0 Å². The molecule has 6 nitrogen and oxygen atoms in total. The molecule has 0 spiro atoms. The summed E-state index contributed by atoms with van der Waals surface area (Å²) < 4.78 is 0. The molecule has 0 fully saturated rings. The van der Waals surface area contributed by atoms with E-state index in [0.717, 1.165) is 16.0 Å². The lowest BCUT2D eigenvalue weighted by molar-refractivity contribution is -0.146. The zero-order chi connectivity index (χ0) is 15.1. The van der Waals surface area contributed by atoms with Gasteiger partial charge in [0.25, 0.3) is 0 Å². The lowest BCUT2D eigenvalue weighted by Crippen LogP contribution is -2.40. The Bertz CT molecular complexity index is 514. The van der Waals surface area contributed by atoms with Crippen molar-refractivity contribution in [1.29, 1.82) is 0 Å². The van der Waals surface area contributed by atoms with Gasteiger partial charge >= 0.3 is 11.8 Å². The molecule has 108 valence electrons. The zero-order valence-corrected chi connectivity index (χ0v) is 11.7. The Kier molecular flexibility index (Phi) is 5.86. The number of hydrogen-bond acceptors (Lipinski definition) is 4. The number of hydrogen-bond donors (Lipinski definition) is 2. The second-order valence-corrected chi connectivity index (χ2v) is 4.52. The van der Waals surface area contributed by atoms with Crippen LogP contribution in [0.3, 0.4) is 0 Å². The maximum Gasteiger partial charge on any atom is 0.318 e. The molecule has 20 heavy (non-hydrogen) atoms. The number of carbonyl (C=O) groups is 3. The Balaban J connectivity index is 2.74. The maximum absolute atomic E-state index is 11.8. The van der Waals surface area contributed by atoms with Crippen molar-refractivity contribution >= 4 is 23.9 Å². The van der Waals surface area contributed by atoms with Crippen molar-refractivity contribution in [2.24, 2.45) is 5.73 Å². The number of anilines is 1. The first-order chi connectivity index (χ1) is 9.49. The van der Waals surface area contributed by atoms with Crippen LogP contribution < -0.4 is 11.1 Å². The van der Waals surface area contributed by atoms with Crippen molar-refractivity contribution in [1.82, 2.24) is 4.90 Å². The predicted octanol–water partition coefficient (Wildman–Crippen LogP) is 0.576. The molecular formula is C14H19N3O3. The first-order valence-corrected chi connectivity index (χ1v) is 6.34. The summed E-state index contributed by atoms with van der Waals surface area (Å²) in [5.74, 6) is -1.71. The minimum absolute atomic E-state index is 0.138. The molecule has 3 amide bonds. The standard InChI is InChI=1S/C14H19N3O3/c1-10-4-5-12(11(2)8-10)16-13(19)14(20)17(9-18)7-3-6-15/h4-5,8-9H,3,6-7,15H2,1-2H3,(H,16,19). The van der Waals surface area contributed by atoms with E-state index in [4.69, 9.17) is 5.73 Å². The van der Waals surface area contributed by atoms with Gasteiger partial charge in [-0.25, -0.2) is 0 Å². The zero-order valence-electron chi connectivity index (χ0n) is 11.7. The molecule has 0 radical (unpaired) electrons. The van der Waals surface area contributed by atoms with Crippen LogP contribution in [0.15, 0.2) is 18.2 Å². The highest BCUT2D eigenvalue weighted by Crippen LogP contribution is 2.15. The van der Waals surface area contributed by atoms with Gasteiger partial charge in [-0.15, -0.1) is 0 Å². The second-order valence-electron chi connectivity index (χ2n) is 4.52. The van der Waals surface area contributed by atoms with Gasteiger partial charge in [0.15, 0.2) is 0 Å². The van der Waals surface area contributed by atoms with Crippen LogP contribution in [0.2, 0.25) is 0 Å². The first kappa shape index (κ1) is 15.8.